The second-order valence-corrected chi connectivity index (χ2v) is 6.23. The van der Waals surface area contributed by atoms with Crippen LogP contribution in [0.5, 0.6) is 0 Å². The summed E-state index contributed by atoms with van der Waals surface area (Å²) in [6, 6.07) is 3.86. The van der Waals surface area contributed by atoms with Crippen LogP contribution in [0.4, 0.5) is 4.39 Å². The minimum absolute atomic E-state index is 0.138. The van der Waals surface area contributed by atoms with Crippen LogP contribution in [0.3, 0.4) is 0 Å². The number of sulfonamides is 1. The lowest BCUT2D eigenvalue weighted by atomic mass is 10.2. The Hall–Kier alpha value is -0.690. The Bertz CT molecular complexity index is 508. The van der Waals surface area contributed by atoms with Crippen LogP contribution in [0.25, 0.3) is 0 Å². The topological polar surface area (TPSA) is 66.4 Å². The van der Waals surface area contributed by atoms with Gasteiger partial charge in [0.05, 0.1) is 5.02 Å². The van der Waals surface area contributed by atoms with Gasteiger partial charge in [-0.2, -0.15) is 0 Å². The van der Waals surface area contributed by atoms with Crippen molar-refractivity contribution >= 4 is 21.6 Å². The van der Waals surface area contributed by atoms with Crippen LogP contribution in [0.2, 0.25) is 5.02 Å². The van der Waals surface area contributed by atoms with E-state index in [9.17, 15) is 12.8 Å². The van der Waals surface area contributed by atoms with Crippen LogP contribution in [0.15, 0.2) is 23.1 Å². The van der Waals surface area contributed by atoms with Crippen LogP contribution in [-0.2, 0) is 10.0 Å². The van der Waals surface area contributed by atoms with Gasteiger partial charge in [-0.05, 0) is 25.0 Å². The predicted octanol–water partition coefficient (Wildman–Crippen LogP) is 2.31. The van der Waals surface area contributed by atoms with E-state index in [2.05, 4.69) is 4.72 Å². The quantitative estimate of drug-likeness (QED) is 0.724. The summed E-state index contributed by atoms with van der Waals surface area (Å²) in [5.74, 6) is -0.933. The standard InChI is InChI=1S/C12H17ClFNO3S/c13-10-6-5-7-11(12(10)14)19(17,18)15-8-3-1-2-4-9-16/h5-7,15-16H,1-4,8-9H2. The molecule has 0 heterocycles. The van der Waals surface area contributed by atoms with E-state index in [1.165, 1.54) is 18.2 Å². The Balaban J connectivity index is 2.54. The van der Waals surface area contributed by atoms with Gasteiger partial charge in [0.25, 0.3) is 0 Å². The smallest absolute Gasteiger partial charge is 0.243 e. The highest BCUT2D eigenvalue weighted by Gasteiger charge is 2.19. The predicted molar refractivity (Wildman–Crippen MR) is 72.2 cm³/mol. The Labute approximate surface area is 117 Å². The first-order valence-electron chi connectivity index (χ1n) is 6.03. The van der Waals surface area contributed by atoms with Crippen LogP contribution >= 0.6 is 11.6 Å². The molecule has 7 heteroatoms. The van der Waals surface area contributed by atoms with E-state index >= 15 is 0 Å². The third kappa shape index (κ3) is 5.06. The minimum Gasteiger partial charge on any atom is -0.396 e. The van der Waals surface area contributed by atoms with Crippen molar-refractivity contribution in [1.29, 1.82) is 0 Å². The van der Waals surface area contributed by atoms with E-state index in [1.54, 1.807) is 0 Å². The molecule has 0 aliphatic rings. The van der Waals surface area contributed by atoms with E-state index in [-0.39, 0.29) is 18.2 Å². The first-order chi connectivity index (χ1) is 8.99. The molecular formula is C12H17ClFNO3S. The van der Waals surface area contributed by atoms with Crippen molar-refractivity contribution in [3.63, 3.8) is 0 Å². The average Bonchev–Trinajstić information content (AvgIpc) is 2.36. The van der Waals surface area contributed by atoms with Gasteiger partial charge in [-0.25, -0.2) is 17.5 Å². The number of aliphatic hydroxyl groups is 1. The van der Waals surface area contributed by atoms with Crippen LogP contribution in [-0.4, -0.2) is 26.7 Å². The largest absolute Gasteiger partial charge is 0.396 e. The zero-order chi connectivity index (χ0) is 14.3. The van der Waals surface area contributed by atoms with E-state index in [0.29, 0.717) is 12.8 Å². The zero-order valence-electron chi connectivity index (χ0n) is 10.4. The third-order valence-electron chi connectivity index (χ3n) is 2.58. The lowest BCUT2D eigenvalue weighted by molar-refractivity contribution is 0.282. The van der Waals surface area contributed by atoms with Gasteiger partial charge in [0.2, 0.25) is 10.0 Å². The Morgan fingerprint density at radius 1 is 1.21 bits per heavy atom. The number of nitrogens with one attached hydrogen (secondary N) is 1. The van der Waals surface area contributed by atoms with Crippen molar-refractivity contribution in [2.24, 2.45) is 0 Å². The molecule has 0 radical (unpaired) electrons. The van der Waals surface area contributed by atoms with Gasteiger partial charge < -0.3 is 5.11 Å². The molecule has 0 saturated heterocycles. The molecule has 2 N–H and O–H groups in total. The highest BCUT2D eigenvalue weighted by Crippen LogP contribution is 2.21. The van der Waals surface area contributed by atoms with Crippen LogP contribution < -0.4 is 4.72 Å². The Morgan fingerprint density at radius 2 is 1.89 bits per heavy atom. The molecule has 0 aromatic heterocycles. The van der Waals surface area contributed by atoms with Gasteiger partial charge in [-0.1, -0.05) is 30.5 Å². The third-order valence-corrected chi connectivity index (χ3v) is 4.35. The molecule has 4 nitrogen and oxygen atoms in total. The fourth-order valence-corrected chi connectivity index (χ4v) is 2.97. The van der Waals surface area contributed by atoms with Crippen molar-refractivity contribution in [2.75, 3.05) is 13.2 Å². The number of aliphatic hydroxyl groups excluding tert-OH is 1. The molecule has 19 heavy (non-hydrogen) atoms. The van der Waals surface area contributed by atoms with Crippen molar-refractivity contribution in [3.05, 3.63) is 29.0 Å². The van der Waals surface area contributed by atoms with Gasteiger partial charge >= 0.3 is 0 Å². The van der Waals surface area contributed by atoms with Crippen molar-refractivity contribution in [3.8, 4) is 0 Å². The molecule has 1 rings (SSSR count). The molecule has 0 amide bonds. The molecule has 0 fully saturated rings. The second-order valence-electron chi connectivity index (χ2n) is 4.09. The summed E-state index contributed by atoms with van der Waals surface area (Å²) in [4.78, 5) is -0.435. The van der Waals surface area contributed by atoms with Crippen molar-refractivity contribution in [2.45, 2.75) is 30.6 Å². The van der Waals surface area contributed by atoms with Crippen molar-refractivity contribution in [1.82, 2.24) is 4.72 Å². The summed E-state index contributed by atoms with van der Waals surface area (Å²) in [5, 5.41) is 8.37. The Morgan fingerprint density at radius 3 is 2.58 bits per heavy atom. The number of benzene rings is 1. The fourth-order valence-electron chi connectivity index (χ4n) is 1.57. The number of unbranched alkanes of at least 4 members (excludes halogenated alkanes) is 3. The number of hydrogen-bond donors (Lipinski definition) is 2. The van der Waals surface area contributed by atoms with Gasteiger partial charge in [0.15, 0.2) is 5.82 Å². The molecule has 0 unspecified atom stereocenters. The van der Waals surface area contributed by atoms with Crippen LogP contribution in [0, 0.1) is 5.82 Å². The molecule has 0 spiro atoms. The summed E-state index contributed by atoms with van der Waals surface area (Å²) in [5.41, 5.74) is 0. The minimum atomic E-state index is -3.87. The zero-order valence-corrected chi connectivity index (χ0v) is 12.0. The van der Waals surface area contributed by atoms with E-state index in [0.717, 1.165) is 12.8 Å². The van der Waals surface area contributed by atoms with E-state index < -0.39 is 20.7 Å². The molecule has 1 aromatic rings. The van der Waals surface area contributed by atoms with Gasteiger partial charge in [0.1, 0.15) is 4.90 Å². The van der Waals surface area contributed by atoms with Gasteiger partial charge in [-0.15, -0.1) is 0 Å². The number of hydrogen-bond acceptors (Lipinski definition) is 3. The van der Waals surface area contributed by atoms with Crippen molar-refractivity contribution < 1.29 is 17.9 Å². The maximum absolute atomic E-state index is 13.6. The molecule has 0 aliphatic heterocycles. The molecule has 108 valence electrons. The summed E-state index contributed by atoms with van der Waals surface area (Å²) < 4.78 is 39.6. The summed E-state index contributed by atoms with van der Waals surface area (Å²) in [7, 11) is -3.87. The molecule has 0 atom stereocenters. The maximum atomic E-state index is 13.6. The monoisotopic (exact) mass is 309 g/mol. The van der Waals surface area contributed by atoms with Crippen LogP contribution in [0.1, 0.15) is 25.7 Å². The van der Waals surface area contributed by atoms with Gasteiger partial charge in [-0.3, -0.25) is 0 Å². The molecular weight excluding hydrogens is 293 g/mol. The SMILES string of the molecule is O=S(=O)(NCCCCCCO)c1cccc(Cl)c1F. The molecule has 0 saturated carbocycles. The average molecular weight is 310 g/mol. The second kappa shape index (κ2) is 7.79. The Kier molecular flexibility index (Phi) is 6.71. The highest BCUT2D eigenvalue weighted by atomic mass is 35.5. The summed E-state index contributed by atoms with van der Waals surface area (Å²) in [6.45, 7) is 0.374. The normalized spacial score (nSPS) is 11.7. The lowest BCUT2D eigenvalue weighted by Gasteiger charge is -2.08. The first kappa shape index (κ1) is 16.4. The summed E-state index contributed by atoms with van der Waals surface area (Å²) in [6.07, 6.45) is 2.99. The fraction of sp³-hybridized carbons (Fsp3) is 0.500. The lowest BCUT2D eigenvalue weighted by Crippen LogP contribution is -2.25. The molecule has 1 aromatic carbocycles. The number of rotatable bonds is 8. The first-order valence-corrected chi connectivity index (χ1v) is 7.89. The number of halogens is 2. The van der Waals surface area contributed by atoms with Gasteiger partial charge in [0, 0.05) is 13.2 Å². The molecule has 0 aliphatic carbocycles. The molecule has 0 bridgehead atoms. The maximum Gasteiger partial charge on any atom is 0.243 e. The van der Waals surface area contributed by atoms with E-state index in [1.807, 2.05) is 0 Å². The summed E-state index contributed by atoms with van der Waals surface area (Å²) >= 11 is 5.55. The highest BCUT2D eigenvalue weighted by molar-refractivity contribution is 7.89. The van der Waals surface area contributed by atoms with E-state index in [4.69, 9.17) is 16.7 Å².